The Labute approximate surface area is 93.8 Å². The number of carbonyl (C=O) groups excluding carboxylic acids is 2. The second-order valence-corrected chi connectivity index (χ2v) is 3.45. The quantitative estimate of drug-likeness (QED) is 0.688. The Morgan fingerprint density at radius 1 is 1.44 bits per heavy atom. The van der Waals surface area contributed by atoms with E-state index in [0.717, 1.165) is 0 Å². The summed E-state index contributed by atoms with van der Waals surface area (Å²) in [5.41, 5.74) is 11.6. The largest absolute Gasteiger partial charge is 0.366 e. The van der Waals surface area contributed by atoms with Gasteiger partial charge < -0.3 is 16.8 Å². The van der Waals surface area contributed by atoms with Crippen LogP contribution in [0.15, 0.2) is 24.3 Å². The third-order valence-corrected chi connectivity index (χ3v) is 2.19. The molecule has 0 saturated carbocycles. The number of nitrogens with one attached hydrogen (secondary N) is 1. The van der Waals surface area contributed by atoms with Crippen LogP contribution in [0.25, 0.3) is 0 Å². The number of primary amides is 1. The normalized spacial score (nSPS) is 11.9. The Morgan fingerprint density at radius 2 is 2.12 bits per heavy atom. The average molecular weight is 221 g/mol. The molecule has 5 nitrogen and oxygen atoms in total. The van der Waals surface area contributed by atoms with E-state index in [1.807, 2.05) is 6.92 Å². The molecule has 1 rings (SSSR count). The van der Waals surface area contributed by atoms with Crippen LogP contribution >= 0.6 is 0 Å². The van der Waals surface area contributed by atoms with E-state index in [1.165, 1.54) is 6.07 Å². The molecule has 2 amide bonds. The van der Waals surface area contributed by atoms with Crippen LogP contribution in [0.2, 0.25) is 0 Å². The predicted octanol–water partition coefficient (Wildman–Crippen LogP) is 0.461. The molecule has 0 aliphatic rings. The van der Waals surface area contributed by atoms with Crippen LogP contribution in [0, 0.1) is 0 Å². The van der Waals surface area contributed by atoms with Crippen molar-refractivity contribution in [2.24, 2.45) is 11.5 Å². The van der Waals surface area contributed by atoms with Gasteiger partial charge in [0.15, 0.2) is 0 Å². The van der Waals surface area contributed by atoms with Crippen LogP contribution in [-0.2, 0) is 4.79 Å². The van der Waals surface area contributed by atoms with Crippen LogP contribution in [0.4, 0.5) is 5.69 Å². The standard InChI is InChI=1S/C11H15N3O2/c1-2-9(12)11(16)14-8-5-3-4-7(6-8)10(13)15/h3-6,9H,2,12H2,1H3,(H2,13,15)(H,14,16). The van der Waals surface area contributed by atoms with E-state index in [1.54, 1.807) is 18.2 Å². The van der Waals surface area contributed by atoms with E-state index in [-0.39, 0.29) is 5.91 Å². The zero-order chi connectivity index (χ0) is 12.1. The van der Waals surface area contributed by atoms with Crippen molar-refractivity contribution in [3.8, 4) is 0 Å². The van der Waals surface area contributed by atoms with Crippen molar-refractivity contribution in [2.45, 2.75) is 19.4 Å². The van der Waals surface area contributed by atoms with Crippen molar-refractivity contribution < 1.29 is 9.59 Å². The van der Waals surface area contributed by atoms with E-state index in [9.17, 15) is 9.59 Å². The SMILES string of the molecule is CCC(N)C(=O)Nc1cccc(C(N)=O)c1. The number of hydrogen-bond donors (Lipinski definition) is 3. The molecule has 5 heteroatoms. The molecular weight excluding hydrogens is 206 g/mol. The highest BCUT2D eigenvalue weighted by Crippen LogP contribution is 2.10. The maximum Gasteiger partial charge on any atom is 0.248 e. The fourth-order valence-electron chi connectivity index (χ4n) is 1.17. The molecular formula is C11H15N3O2. The monoisotopic (exact) mass is 221 g/mol. The minimum atomic E-state index is -0.544. The summed E-state index contributed by atoms with van der Waals surface area (Å²) in [4.78, 5) is 22.4. The van der Waals surface area contributed by atoms with Gasteiger partial charge in [0.2, 0.25) is 11.8 Å². The number of rotatable bonds is 4. The number of hydrogen-bond acceptors (Lipinski definition) is 3. The second-order valence-electron chi connectivity index (χ2n) is 3.45. The molecule has 0 spiro atoms. The Morgan fingerprint density at radius 3 is 2.69 bits per heavy atom. The summed E-state index contributed by atoms with van der Waals surface area (Å²) in [5.74, 6) is -0.806. The first-order chi connectivity index (χ1) is 7.54. The first-order valence-electron chi connectivity index (χ1n) is 5.01. The number of nitrogens with two attached hydrogens (primary N) is 2. The molecule has 1 atom stereocenters. The molecule has 0 aliphatic heterocycles. The molecule has 1 aromatic carbocycles. The molecule has 0 bridgehead atoms. The van der Waals surface area contributed by atoms with Gasteiger partial charge in [-0.2, -0.15) is 0 Å². The lowest BCUT2D eigenvalue weighted by atomic mass is 10.1. The van der Waals surface area contributed by atoms with E-state index in [2.05, 4.69) is 5.32 Å². The molecule has 86 valence electrons. The third kappa shape index (κ3) is 3.06. The fourth-order valence-corrected chi connectivity index (χ4v) is 1.17. The third-order valence-electron chi connectivity index (χ3n) is 2.19. The Kier molecular flexibility index (Phi) is 4.02. The van der Waals surface area contributed by atoms with Crippen LogP contribution in [0.5, 0.6) is 0 Å². The van der Waals surface area contributed by atoms with Crippen molar-refractivity contribution >= 4 is 17.5 Å². The molecule has 5 N–H and O–H groups in total. The number of amides is 2. The maximum absolute atomic E-state index is 11.5. The first-order valence-corrected chi connectivity index (χ1v) is 5.01. The van der Waals surface area contributed by atoms with Gasteiger partial charge in [-0.1, -0.05) is 13.0 Å². The van der Waals surface area contributed by atoms with Gasteiger partial charge in [0.1, 0.15) is 0 Å². The van der Waals surface area contributed by atoms with E-state index < -0.39 is 11.9 Å². The van der Waals surface area contributed by atoms with E-state index in [4.69, 9.17) is 11.5 Å². The van der Waals surface area contributed by atoms with Crippen LogP contribution in [0.3, 0.4) is 0 Å². The summed E-state index contributed by atoms with van der Waals surface area (Å²) >= 11 is 0. The molecule has 0 radical (unpaired) electrons. The number of carbonyl (C=O) groups is 2. The molecule has 0 aliphatic carbocycles. The number of anilines is 1. The van der Waals surface area contributed by atoms with Crippen molar-refractivity contribution in [3.05, 3.63) is 29.8 Å². The molecule has 0 heterocycles. The zero-order valence-corrected chi connectivity index (χ0v) is 9.07. The summed E-state index contributed by atoms with van der Waals surface area (Å²) in [6, 6.07) is 5.87. The average Bonchev–Trinajstić information content (AvgIpc) is 2.28. The van der Waals surface area contributed by atoms with Crippen molar-refractivity contribution in [1.82, 2.24) is 0 Å². The molecule has 1 unspecified atom stereocenters. The minimum absolute atomic E-state index is 0.274. The fraction of sp³-hybridized carbons (Fsp3) is 0.273. The van der Waals surface area contributed by atoms with Crippen LogP contribution in [-0.4, -0.2) is 17.9 Å². The predicted molar refractivity (Wildman–Crippen MR) is 61.9 cm³/mol. The lowest BCUT2D eigenvalue weighted by Crippen LogP contribution is -2.34. The van der Waals surface area contributed by atoms with Gasteiger partial charge >= 0.3 is 0 Å². The van der Waals surface area contributed by atoms with Gasteiger partial charge in [-0.15, -0.1) is 0 Å². The highest BCUT2D eigenvalue weighted by molar-refractivity contribution is 5.97. The Balaban J connectivity index is 2.78. The molecule has 0 saturated heterocycles. The van der Waals surface area contributed by atoms with Crippen molar-refractivity contribution in [3.63, 3.8) is 0 Å². The van der Waals surface area contributed by atoms with Gasteiger partial charge in [-0.25, -0.2) is 0 Å². The molecule has 0 fully saturated rings. The first kappa shape index (κ1) is 12.2. The summed E-state index contributed by atoms with van der Waals surface area (Å²) in [6.07, 6.45) is 0.557. The highest BCUT2D eigenvalue weighted by Gasteiger charge is 2.11. The molecule has 16 heavy (non-hydrogen) atoms. The molecule has 1 aromatic rings. The highest BCUT2D eigenvalue weighted by atomic mass is 16.2. The second kappa shape index (κ2) is 5.27. The lowest BCUT2D eigenvalue weighted by molar-refractivity contribution is -0.117. The van der Waals surface area contributed by atoms with Gasteiger partial charge in [-0.05, 0) is 24.6 Å². The van der Waals surface area contributed by atoms with Crippen molar-refractivity contribution in [2.75, 3.05) is 5.32 Å². The maximum atomic E-state index is 11.5. The minimum Gasteiger partial charge on any atom is -0.366 e. The van der Waals surface area contributed by atoms with E-state index in [0.29, 0.717) is 17.7 Å². The summed E-state index contributed by atoms with van der Waals surface area (Å²) in [7, 11) is 0. The zero-order valence-electron chi connectivity index (χ0n) is 9.07. The summed E-state index contributed by atoms with van der Waals surface area (Å²) < 4.78 is 0. The summed E-state index contributed by atoms with van der Waals surface area (Å²) in [5, 5.41) is 2.62. The topological polar surface area (TPSA) is 98.2 Å². The van der Waals surface area contributed by atoms with Gasteiger partial charge in [-0.3, -0.25) is 9.59 Å². The Hall–Kier alpha value is -1.88. The van der Waals surface area contributed by atoms with Gasteiger partial charge in [0, 0.05) is 11.3 Å². The van der Waals surface area contributed by atoms with Crippen LogP contribution < -0.4 is 16.8 Å². The lowest BCUT2D eigenvalue weighted by Gasteiger charge is -2.10. The van der Waals surface area contributed by atoms with Gasteiger partial charge in [0.25, 0.3) is 0 Å². The van der Waals surface area contributed by atoms with E-state index >= 15 is 0 Å². The van der Waals surface area contributed by atoms with Crippen molar-refractivity contribution in [1.29, 1.82) is 0 Å². The van der Waals surface area contributed by atoms with Gasteiger partial charge in [0.05, 0.1) is 6.04 Å². The Bertz CT molecular complexity index is 404. The molecule has 0 aromatic heterocycles. The smallest absolute Gasteiger partial charge is 0.248 e. The number of benzene rings is 1. The summed E-state index contributed by atoms with van der Waals surface area (Å²) in [6.45, 7) is 1.82. The van der Waals surface area contributed by atoms with Crippen LogP contribution in [0.1, 0.15) is 23.7 Å².